The predicted octanol–water partition coefficient (Wildman–Crippen LogP) is 2.73. The van der Waals surface area contributed by atoms with Gasteiger partial charge in [-0.15, -0.1) is 0 Å². The molecular weight excluding hydrogens is 244 g/mol. The minimum absolute atomic E-state index is 0.366. The number of nitrogens with two attached hydrogens (primary N) is 1. The normalized spacial score (nSPS) is 12.7. The van der Waals surface area contributed by atoms with Crippen LogP contribution < -0.4 is 5.73 Å². The second-order valence-corrected chi connectivity index (χ2v) is 4.84. The Kier molecular flexibility index (Phi) is 6.47. The molecule has 0 fully saturated rings. The first kappa shape index (κ1) is 14.4. The van der Waals surface area contributed by atoms with Gasteiger partial charge in [0.25, 0.3) is 0 Å². The lowest BCUT2D eigenvalue weighted by Crippen LogP contribution is -2.15. The summed E-state index contributed by atoms with van der Waals surface area (Å²) in [5, 5.41) is 0. The number of halogens is 2. The van der Waals surface area contributed by atoms with E-state index in [1.54, 1.807) is 18.9 Å². The highest BCUT2D eigenvalue weighted by molar-refractivity contribution is 7.99. The number of hydrogen-bond donors (Lipinski definition) is 1. The van der Waals surface area contributed by atoms with Crippen LogP contribution in [0.15, 0.2) is 18.2 Å². The van der Waals surface area contributed by atoms with Crippen molar-refractivity contribution in [1.29, 1.82) is 0 Å². The van der Waals surface area contributed by atoms with Crippen LogP contribution in [-0.4, -0.2) is 25.2 Å². The van der Waals surface area contributed by atoms with Gasteiger partial charge in [0.1, 0.15) is 11.6 Å². The Labute approximate surface area is 105 Å². The van der Waals surface area contributed by atoms with E-state index < -0.39 is 17.7 Å². The monoisotopic (exact) mass is 261 g/mol. The van der Waals surface area contributed by atoms with E-state index in [9.17, 15) is 8.78 Å². The van der Waals surface area contributed by atoms with Gasteiger partial charge in [-0.1, -0.05) is 6.07 Å². The van der Waals surface area contributed by atoms with Crippen molar-refractivity contribution in [2.24, 2.45) is 5.73 Å². The summed E-state index contributed by atoms with van der Waals surface area (Å²) in [7, 11) is 1.66. The molecule has 0 saturated heterocycles. The van der Waals surface area contributed by atoms with Gasteiger partial charge in [-0.05, 0) is 18.2 Å². The second kappa shape index (κ2) is 7.63. The van der Waals surface area contributed by atoms with Crippen LogP contribution in [-0.2, 0) is 4.74 Å². The summed E-state index contributed by atoms with van der Waals surface area (Å²) in [6.45, 7) is 0.715. The molecule has 17 heavy (non-hydrogen) atoms. The zero-order valence-corrected chi connectivity index (χ0v) is 10.6. The van der Waals surface area contributed by atoms with E-state index in [1.165, 1.54) is 12.1 Å². The SMILES string of the molecule is COCCCSCC(N)c1ccc(F)cc1F. The van der Waals surface area contributed by atoms with Crippen molar-refractivity contribution < 1.29 is 13.5 Å². The van der Waals surface area contributed by atoms with Gasteiger partial charge < -0.3 is 10.5 Å². The fourth-order valence-corrected chi connectivity index (χ4v) is 2.33. The molecular formula is C12H17F2NOS. The van der Waals surface area contributed by atoms with Gasteiger partial charge in [0.2, 0.25) is 0 Å². The summed E-state index contributed by atoms with van der Waals surface area (Å²) in [5.74, 6) is 0.387. The Morgan fingerprint density at radius 3 is 2.82 bits per heavy atom. The highest BCUT2D eigenvalue weighted by atomic mass is 32.2. The molecule has 96 valence electrons. The van der Waals surface area contributed by atoms with Crippen LogP contribution in [0, 0.1) is 11.6 Å². The zero-order valence-electron chi connectivity index (χ0n) is 9.79. The number of hydrogen-bond acceptors (Lipinski definition) is 3. The van der Waals surface area contributed by atoms with Crippen molar-refractivity contribution in [1.82, 2.24) is 0 Å². The molecule has 1 aromatic carbocycles. The Balaban J connectivity index is 2.38. The maximum Gasteiger partial charge on any atom is 0.130 e. The fraction of sp³-hybridized carbons (Fsp3) is 0.500. The van der Waals surface area contributed by atoms with Gasteiger partial charge in [0.05, 0.1) is 0 Å². The van der Waals surface area contributed by atoms with Gasteiger partial charge in [-0.3, -0.25) is 0 Å². The highest BCUT2D eigenvalue weighted by Crippen LogP contribution is 2.20. The molecule has 0 amide bonds. The zero-order chi connectivity index (χ0) is 12.7. The molecule has 0 aliphatic heterocycles. The smallest absolute Gasteiger partial charge is 0.130 e. The molecule has 1 aromatic rings. The maximum atomic E-state index is 13.4. The van der Waals surface area contributed by atoms with E-state index in [4.69, 9.17) is 10.5 Å². The van der Waals surface area contributed by atoms with Crippen molar-refractivity contribution in [3.8, 4) is 0 Å². The van der Waals surface area contributed by atoms with Gasteiger partial charge in [-0.25, -0.2) is 8.78 Å². The molecule has 0 aliphatic rings. The van der Waals surface area contributed by atoms with Crippen LogP contribution in [0.4, 0.5) is 8.78 Å². The molecule has 0 radical (unpaired) electrons. The number of ether oxygens (including phenoxy) is 1. The van der Waals surface area contributed by atoms with E-state index in [1.807, 2.05) is 0 Å². The Hall–Kier alpha value is -0.650. The van der Waals surface area contributed by atoms with E-state index >= 15 is 0 Å². The van der Waals surface area contributed by atoms with E-state index in [2.05, 4.69) is 0 Å². The largest absolute Gasteiger partial charge is 0.385 e. The molecule has 0 aliphatic carbocycles. The third-order valence-electron chi connectivity index (χ3n) is 2.30. The standard InChI is InChI=1S/C12H17F2NOS/c1-16-5-2-6-17-8-12(15)10-4-3-9(13)7-11(10)14/h3-4,7,12H,2,5-6,8,15H2,1H3. The summed E-state index contributed by atoms with van der Waals surface area (Å²) in [6.07, 6.45) is 0.944. The average molecular weight is 261 g/mol. The van der Waals surface area contributed by atoms with Crippen LogP contribution in [0.3, 0.4) is 0 Å². The summed E-state index contributed by atoms with van der Waals surface area (Å²) in [4.78, 5) is 0. The minimum Gasteiger partial charge on any atom is -0.385 e. The quantitative estimate of drug-likeness (QED) is 0.767. The van der Waals surface area contributed by atoms with Crippen LogP contribution >= 0.6 is 11.8 Å². The molecule has 0 heterocycles. The van der Waals surface area contributed by atoms with E-state index in [-0.39, 0.29) is 0 Å². The van der Waals surface area contributed by atoms with Gasteiger partial charge in [0.15, 0.2) is 0 Å². The Morgan fingerprint density at radius 2 is 2.18 bits per heavy atom. The second-order valence-electron chi connectivity index (χ2n) is 3.69. The van der Waals surface area contributed by atoms with Gasteiger partial charge >= 0.3 is 0 Å². The number of rotatable bonds is 7. The minimum atomic E-state index is -0.578. The summed E-state index contributed by atoms with van der Waals surface area (Å²) in [5.41, 5.74) is 6.21. The Bertz CT molecular complexity index is 349. The summed E-state index contributed by atoms with van der Waals surface area (Å²) in [6, 6.07) is 3.10. The molecule has 5 heteroatoms. The van der Waals surface area contributed by atoms with Crippen molar-refractivity contribution >= 4 is 11.8 Å². The molecule has 0 saturated carbocycles. The van der Waals surface area contributed by atoms with Crippen LogP contribution in [0.1, 0.15) is 18.0 Å². The average Bonchev–Trinajstić information content (AvgIpc) is 2.28. The molecule has 1 rings (SSSR count). The lowest BCUT2D eigenvalue weighted by Gasteiger charge is -2.12. The lowest BCUT2D eigenvalue weighted by atomic mass is 10.1. The lowest BCUT2D eigenvalue weighted by molar-refractivity contribution is 0.200. The summed E-state index contributed by atoms with van der Waals surface area (Å²) >= 11 is 1.64. The third kappa shape index (κ3) is 5.02. The molecule has 0 bridgehead atoms. The highest BCUT2D eigenvalue weighted by Gasteiger charge is 2.11. The fourth-order valence-electron chi connectivity index (χ4n) is 1.41. The van der Waals surface area contributed by atoms with Crippen molar-refractivity contribution in [2.45, 2.75) is 12.5 Å². The molecule has 2 N–H and O–H groups in total. The van der Waals surface area contributed by atoms with Crippen molar-refractivity contribution in [2.75, 3.05) is 25.2 Å². The maximum absolute atomic E-state index is 13.4. The molecule has 1 atom stereocenters. The van der Waals surface area contributed by atoms with Crippen LogP contribution in [0.25, 0.3) is 0 Å². The van der Waals surface area contributed by atoms with E-state index in [0.29, 0.717) is 17.9 Å². The first-order valence-electron chi connectivity index (χ1n) is 5.42. The van der Waals surface area contributed by atoms with E-state index in [0.717, 1.165) is 18.2 Å². The molecule has 0 spiro atoms. The molecule has 0 aromatic heterocycles. The number of methoxy groups -OCH3 is 1. The topological polar surface area (TPSA) is 35.2 Å². The predicted molar refractivity (Wildman–Crippen MR) is 67.1 cm³/mol. The van der Waals surface area contributed by atoms with Crippen molar-refractivity contribution in [3.05, 3.63) is 35.4 Å². The van der Waals surface area contributed by atoms with Gasteiger partial charge in [-0.2, -0.15) is 11.8 Å². The first-order valence-corrected chi connectivity index (χ1v) is 6.58. The third-order valence-corrected chi connectivity index (χ3v) is 3.47. The van der Waals surface area contributed by atoms with Gasteiger partial charge in [0, 0.05) is 37.1 Å². The van der Waals surface area contributed by atoms with Crippen LogP contribution in [0.2, 0.25) is 0 Å². The summed E-state index contributed by atoms with van der Waals surface area (Å²) < 4.78 is 31.0. The first-order chi connectivity index (χ1) is 8.15. The van der Waals surface area contributed by atoms with Crippen LogP contribution in [0.5, 0.6) is 0 Å². The molecule has 2 nitrogen and oxygen atoms in total. The Morgan fingerprint density at radius 1 is 1.41 bits per heavy atom. The van der Waals surface area contributed by atoms with Crippen molar-refractivity contribution in [3.63, 3.8) is 0 Å². The molecule has 1 unspecified atom stereocenters. The number of benzene rings is 1. The number of thioether (sulfide) groups is 1.